The monoisotopic (exact) mass is 330 g/mol. The molecule has 0 radical (unpaired) electrons. The van der Waals surface area contributed by atoms with Gasteiger partial charge in [0, 0.05) is 30.9 Å². The van der Waals surface area contributed by atoms with E-state index >= 15 is 0 Å². The molecule has 2 aliphatic rings. The van der Waals surface area contributed by atoms with E-state index in [9.17, 15) is 13.2 Å². The SMILES string of the molecule is CS(=O)(=O)N1CCc2nc(NC(=O)C3CCNC3)sc2C1. The van der Waals surface area contributed by atoms with Crippen LogP contribution in [0.5, 0.6) is 0 Å². The van der Waals surface area contributed by atoms with Crippen LogP contribution >= 0.6 is 11.3 Å². The number of carbonyl (C=O) groups excluding carboxylic acids is 1. The van der Waals surface area contributed by atoms with Crippen molar-refractivity contribution in [2.75, 3.05) is 31.2 Å². The molecule has 1 atom stereocenters. The summed E-state index contributed by atoms with van der Waals surface area (Å²) in [5, 5.41) is 6.59. The van der Waals surface area contributed by atoms with Gasteiger partial charge in [0.05, 0.1) is 17.9 Å². The lowest BCUT2D eigenvalue weighted by molar-refractivity contribution is -0.119. The van der Waals surface area contributed by atoms with Crippen molar-refractivity contribution in [2.45, 2.75) is 19.4 Å². The van der Waals surface area contributed by atoms with E-state index in [-0.39, 0.29) is 11.8 Å². The standard InChI is InChI=1S/C12H18N4O3S2/c1-21(18,19)16-5-3-9-10(7-16)20-12(14-9)15-11(17)8-2-4-13-6-8/h8,13H,2-7H2,1H3,(H,14,15,17). The molecule has 3 heterocycles. The Labute approximate surface area is 127 Å². The van der Waals surface area contributed by atoms with Crippen molar-refractivity contribution in [1.82, 2.24) is 14.6 Å². The lowest BCUT2D eigenvalue weighted by atomic mass is 10.1. The molecule has 21 heavy (non-hydrogen) atoms. The highest BCUT2D eigenvalue weighted by atomic mass is 32.2. The highest BCUT2D eigenvalue weighted by molar-refractivity contribution is 7.88. The average Bonchev–Trinajstić information content (AvgIpc) is 3.05. The van der Waals surface area contributed by atoms with Crippen LogP contribution in [0, 0.1) is 5.92 Å². The van der Waals surface area contributed by atoms with Crippen molar-refractivity contribution in [2.24, 2.45) is 5.92 Å². The number of amides is 1. The van der Waals surface area contributed by atoms with Crippen molar-refractivity contribution in [3.8, 4) is 0 Å². The van der Waals surface area contributed by atoms with Crippen molar-refractivity contribution < 1.29 is 13.2 Å². The zero-order valence-electron chi connectivity index (χ0n) is 11.8. The molecule has 1 saturated heterocycles. The number of hydrogen-bond acceptors (Lipinski definition) is 6. The minimum absolute atomic E-state index is 0.00144. The summed E-state index contributed by atoms with van der Waals surface area (Å²) in [6.45, 7) is 2.39. The number of anilines is 1. The number of carbonyl (C=O) groups is 1. The molecule has 116 valence electrons. The van der Waals surface area contributed by atoms with Crippen LogP contribution in [0.2, 0.25) is 0 Å². The molecule has 2 aliphatic heterocycles. The summed E-state index contributed by atoms with van der Waals surface area (Å²) >= 11 is 1.37. The van der Waals surface area contributed by atoms with Crippen LogP contribution in [0.15, 0.2) is 0 Å². The smallest absolute Gasteiger partial charge is 0.230 e. The Hall–Kier alpha value is -1.03. The fraction of sp³-hybridized carbons (Fsp3) is 0.667. The Morgan fingerprint density at radius 2 is 2.33 bits per heavy atom. The van der Waals surface area contributed by atoms with Crippen LogP contribution < -0.4 is 10.6 Å². The summed E-state index contributed by atoms with van der Waals surface area (Å²) in [6.07, 6.45) is 2.66. The molecule has 1 aromatic heterocycles. The summed E-state index contributed by atoms with van der Waals surface area (Å²) in [4.78, 5) is 17.4. The van der Waals surface area contributed by atoms with E-state index in [1.54, 1.807) is 0 Å². The number of rotatable bonds is 3. The maximum Gasteiger partial charge on any atom is 0.230 e. The van der Waals surface area contributed by atoms with Gasteiger partial charge in [-0.25, -0.2) is 13.4 Å². The van der Waals surface area contributed by atoms with E-state index in [4.69, 9.17) is 0 Å². The zero-order chi connectivity index (χ0) is 15.0. The summed E-state index contributed by atoms with van der Waals surface area (Å²) in [5.74, 6) is -0.00971. The number of nitrogens with one attached hydrogen (secondary N) is 2. The van der Waals surface area contributed by atoms with E-state index in [2.05, 4.69) is 15.6 Å². The molecule has 3 rings (SSSR count). The molecule has 1 aromatic rings. The molecule has 0 bridgehead atoms. The normalized spacial score (nSPS) is 23.0. The molecule has 0 aliphatic carbocycles. The van der Waals surface area contributed by atoms with E-state index in [1.807, 2.05) is 0 Å². The highest BCUT2D eigenvalue weighted by Crippen LogP contribution is 2.29. The van der Waals surface area contributed by atoms with E-state index in [0.717, 1.165) is 23.5 Å². The first-order valence-electron chi connectivity index (χ1n) is 6.89. The van der Waals surface area contributed by atoms with Gasteiger partial charge in [0.2, 0.25) is 15.9 Å². The van der Waals surface area contributed by atoms with E-state index < -0.39 is 10.0 Å². The van der Waals surface area contributed by atoms with Gasteiger partial charge in [-0.05, 0) is 13.0 Å². The van der Waals surface area contributed by atoms with Gasteiger partial charge in [-0.15, -0.1) is 11.3 Å². The van der Waals surface area contributed by atoms with Gasteiger partial charge in [0.1, 0.15) is 0 Å². The second-order valence-electron chi connectivity index (χ2n) is 5.41. The summed E-state index contributed by atoms with van der Waals surface area (Å²) in [7, 11) is -3.18. The topological polar surface area (TPSA) is 91.4 Å². The summed E-state index contributed by atoms with van der Waals surface area (Å²) < 4.78 is 24.6. The number of hydrogen-bond donors (Lipinski definition) is 2. The van der Waals surface area contributed by atoms with Crippen molar-refractivity contribution >= 4 is 32.4 Å². The Morgan fingerprint density at radius 1 is 1.52 bits per heavy atom. The summed E-state index contributed by atoms with van der Waals surface area (Å²) in [6, 6.07) is 0. The van der Waals surface area contributed by atoms with E-state index in [1.165, 1.54) is 21.9 Å². The maximum absolute atomic E-state index is 12.1. The molecule has 1 unspecified atom stereocenters. The quantitative estimate of drug-likeness (QED) is 0.814. The first kappa shape index (κ1) is 14.9. The van der Waals surface area contributed by atoms with Crippen LogP contribution in [0.1, 0.15) is 17.0 Å². The lowest BCUT2D eigenvalue weighted by Crippen LogP contribution is -2.34. The third-order valence-corrected chi connectivity index (χ3v) is 6.07. The largest absolute Gasteiger partial charge is 0.316 e. The minimum Gasteiger partial charge on any atom is -0.316 e. The van der Waals surface area contributed by atoms with Crippen LogP contribution in [0.4, 0.5) is 5.13 Å². The van der Waals surface area contributed by atoms with Crippen LogP contribution in [-0.4, -0.2) is 49.5 Å². The summed E-state index contributed by atoms with van der Waals surface area (Å²) in [5.41, 5.74) is 0.903. The Morgan fingerprint density at radius 3 is 3.00 bits per heavy atom. The van der Waals surface area contributed by atoms with Gasteiger partial charge in [-0.2, -0.15) is 4.31 Å². The number of sulfonamides is 1. The molecular formula is C12H18N4O3S2. The van der Waals surface area contributed by atoms with Gasteiger partial charge >= 0.3 is 0 Å². The van der Waals surface area contributed by atoms with Crippen LogP contribution in [0.25, 0.3) is 0 Å². The molecular weight excluding hydrogens is 312 g/mol. The third kappa shape index (κ3) is 3.25. The Bertz CT molecular complexity index is 649. The third-order valence-electron chi connectivity index (χ3n) is 3.83. The van der Waals surface area contributed by atoms with Crippen LogP contribution in [-0.2, 0) is 27.8 Å². The van der Waals surface area contributed by atoms with Gasteiger partial charge in [0.25, 0.3) is 0 Å². The molecule has 7 nitrogen and oxygen atoms in total. The molecule has 0 saturated carbocycles. The van der Waals surface area contributed by atoms with Gasteiger partial charge in [-0.1, -0.05) is 0 Å². The number of aromatic nitrogens is 1. The molecule has 0 aromatic carbocycles. The molecule has 2 N–H and O–H groups in total. The van der Waals surface area contributed by atoms with Gasteiger partial charge < -0.3 is 10.6 Å². The Balaban J connectivity index is 1.70. The Kier molecular flexibility index (Phi) is 4.00. The lowest BCUT2D eigenvalue weighted by Gasteiger charge is -2.23. The number of fused-ring (bicyclic) bond motifs is 1. The van der Waals surface area contributed by atoms with Crippen LogP contribution in [0.3, 0.4) is 0 Å². The second-order valence-corrected chi connectivity index (χ2v) is 8.48. The minimum atomic E-state index is -3.18. The fourth-order valence-corrected chi connectivity index (χ4v) is 4.49. The molecule has 1 amide bonds. The fourth-order valence-electron chi connectivity index (χ4n) is 2.59. The van der Waals surface area contributed by atoms with E-state index in [0.29, 0.717) is 31.2 Å². The first-order valence-corrected chi connectivity index (χ1v) is 9.55. The zero-order valence-corrected chi connectivity index (χ0v) is 13.4. The average molecular weight is 330 g/mol. The number of thiazole rings is 1. The van der Waals surface area contributed by atoms with Crippen molar-refractivity contribution in [3.05, 3.63) is 10.6 Å². The predicted octanol–water partition coefficient (Wildman–Crippen LogP) is 0.00880. The first-order chi connectivity index (χ1) is 9.93. The maximum atomic E-state index is 12.1. The molecule has 9 heteroatoms. The predicted molar refractivity (Wildman–Crippen MR) is 80.7 cm³/mol. The highest BCUT2D eigenvalue weighted by Gasteiger charge is 2.28. The van der Waals surface area contributed by atoms with Gasteiger partial charge in [0.15, 0.2) is 5.13 Å². The van der Waals surface area contributed by atoms with Crippen molar-refractivity contribution in [3.63, 3.8) is 0 Å². The molecule has 1 fully saturated rings. The molecule has 0 spiro atoms. The van der Waals surface area contributed by atoms with Crippen molar-refractivity contribution in [1.29, 1.82) is 0 Å². The second kappa shape index (κ2) is 5.64. The number of nitrogens with zero attached hydrogens (tertiary/aromatic N) is 2. The van der Waals surface area contributed by atoms with Gasteiger partial charge in [-0.3, -0.25) is 4.79 Å².